The molecule has 15 heteroatoms. The van der Waals surface area contributed by atoms with E-state index in [1.807, 2.05) is 0 Å². The number of benzene rings is 6. The Labute approximate surface area is 375 Å². The molecule has 0 fully saturated rings. The quantitative estimate of drug-likeness (QED) is 0.154. The van der Waals surface area contributed by atoms with Gasteiger partial charge in [0.05, 0.1) is 30.1 Å². The van der Waals surface area contributed by atoms with Gasteiger partial charge in [0.1, 0.15) is 53.0 Å². The summed E-state index contributed by atoms with van der Waals surface area (Å²) in [6, 6.07) is 24.1. The highest BCUT2D eigenvalue weighted by Crippen LogP contribution is 2.47. The molecule has 0 aliphatic carbocycles. The zero-order valence-corrected chi connectivity index (χ0v) is 36.0. The van der Waals surface area contributed by atoms with Crippen molar-refractivity contribution in [2.24, 2.45) is 17.2 Å². The Bertz CT molecular complexity index is 2240. The van der Waals surface area contributed by atoms with Gasteiger partial charge in [0.25, 0.3) is 0 Å². The molecule has 0 radical (unpaired) electrons. The Hall–Kier alpha value is -3.87. The molecule has 0 amide bonds. The Morgan fingerprint density at radius 3 is 0.867 bits per heavy atom. The first-order valence-corrected chi connectivity index (χ1v) is 21.0. The molecule has 1 unspecified atom stereocenters. The lowest BCUT2D eigenvalue weighted by Gasteiger charge is -2.13. The van der Waals surface area contributed by atoms with E-state index < -0.39 is 0 Å². The van der Waals surface area contributed by atoms with Crippen molar-refractivity contribution in [1.29, 1.82) is 0 Å². The third-order valence-corrected chi connectivity index (χ3v) is 12.0. The molecule has 60 heavy (non-hydrogen) atoms. The summed E-state index contributed by atoms with van der Waals surface area (Å²) in [5.74, 6) is 0.855. The number of nitrogens with two attached hydrogens (primary N) is 3. The number of hydrogen-bond acceptors (Lipinski definition) is 6. The molecule has 0 bridgehead atoms. The fourth-order valence-corrected chi connectivity index (χ4v) is 9.20. The summed E-state index contributed by atoms with van der Waals surface area (Å²) in [6.07, 6.45) is 1.39. The minimum atomic E-state index is -0.337. The van der Waals surface area contributed by atoms with Crippen LogP contribution < -0.4 is 31.4 Å². The van der Waals surface area contributed by atoms with Gasteiger partial charge in [0.2, 0.25) is 0 Å². The largest absolute Gasteiger partial charge is 0.488 e. The maximum absolute atomic E-state index is 13.8. The lowest BCUT2D eigenvalue weighted by atomic mass is 10.00. The van der Waals surface area contributed by atoms with E-state index in [1.54, 1.807) is 54.6 Å². The lowest BCUT2D eigenvalue weighted by Crippen LogP contribution is -2.24. The Morgan fingerprint density at radius 1 is 0.417 bits per heavy atom. The van der Waals surface area contributed by atoms with Gasteiger partial charge in [-0.1, -0.05) is 87.8 Å². The molecule has 3 atom stereocenters. The van der Waals surface area contributed by atoms with Gasteiger partial charge >= 0.3 is 0 Å². The minimum Gasteiger partial charge on any atom is -0.488 e. The summed E-state index contributed by atoms with van der Waals surface area (Å²) in [4.78, 5) is 0. The van der Waals surface area contributed by atoms with Crippen molar-refractivity contribution >= 4 is 69.6 Å². The van der Waals surface area contributed by atoms with E-state index in [0.29, 0.717) is 120 Å². The second-order valence-corrected chi connectivity index (χ2v) is 16.6. The fraction of sp³-hybridized carbons (Fsp3) is 0.200. The van der Waals surface area contributed by atoms with Gasteiger partial charge in [0, 0.05) is 89.0 Å². The van der Waals surface area contributed by atoms with Crippen LogP contribution in [0.4, 0.5) is 13.2 Å². The van der Waals surface area contributed by atoms with Gasteiger partial charge in [-0.05, 0) is 72.8 Å². The average molecular weight is 937 g/mol. The monoisotopic (exact) mass is 933 g/mol. The summed E-state index contributed by atoms with van der Waals surface area (Å²) in [6.45, 7) is 1.14. The van der Waals surface area contributed by atoms with E-state index in [0.717, 1.165) is 16.7 Å². The van der Waals surface area contributed by atoms with Crippen LogP contribution >= 0.6 is 69.6 Å². The smallest absolute Gasteiger partial charge is 0.131 e. The molecule has 3 aliphatic rings. The van der Waals surface area contributed by atoms with E-state index in [2.05, 4.69) is 0 Å². The first-order valence-electron chi connectivity index (χ1n) is 18.7. The van der Waals surface area contributed by atoms with Crippen LogP contribution in [0.5, 0.6) is 17.2 Å². The van der Waals surface area contributed by atoms with Crippen LogP contribution in [0.25, 0.3) is 33.4 Å². The average Bonchev–Trinajstić information content (AvgIpc) is 3.94. The molecular formula is C45H36Cl6F3N3O3. The van der Waals surface area contributed by atoms with E-state index in [9.17, 15) is 13.2 Å². The summed E-state index contributed by atoms with van der Waals surface area (Å²) in [5, 5.41) is 2.78. The normalized spacial score (nSPS) is 16.9. The van der Waals surface area contributed by atoms with E-state index >= 15 is 0 Å². The molecule has 0 aromatic heterocycles. The third-order valence-electron chi connectivity index (χ3n) is 10.1. The van der Waals surface area contributed by atoms with Gasteiger partial charge in [-0.25, -0.2) is 13.2 Å². The van der Waals surface area contributed by atoms with Crippen molar-refractivity contribution in [3.63, 3.8) is 0 Å². The molecule has 6 aromatic carbocycles. The van der Waals surface area contributed by atoms with Gasteiger partial charge < -0.3 is 31.4 Å². The number of rotatable bonds is 6. The van der Waals surface area contributed by atoms with Crippen molar-refractivity contribution in [3.8, 4) is 50.6 Å². The van der Waals surface area contributed by atoms with Crippen molar-refractivity contribution in [3.05, 3.63) is 155 Å². The highest BCUT2D eigenvalue weighted by Gasteiger charge is 2.30. The van der Waals surface area contributed by atoms with E-state index in [-0.39, 0.29) is 35.8 Å². The maximum atomic E-state index is 13.8. The summed E-state index contributed by atoms with van der Waals surface area (Å²) in [5.41, 5.74) is 22.8. The third kappa shape index (κ3) is 9.31. The first-order chi connectivity index (χ1) is 28.8. The molecule has 312 valence electrons. The lowest BCUT2D eigenvalue weighted by molar-refractivity contribution is 0.242. The van der Waals surface area contributed by atoms with Crippen molar-refractivity contribution in [2.75, 3.05) is 19.6 Å². The van der Waals surface area contributed by atoms with Crippen molar-refractivity contribution in [2.45, 2.75) is 37.6 Å². The summed E-state index contributed by atoms with van der Waals surface area (Å²) >= 11 is 37.2. The molecule has 0 saturated carbocycles. The molecule has 6 N–H and O–H groups in total. The minimum absolute atomic E-state index is 0.133. The predicted octanol–water partition coefficient (Wildman–Crippen LogP) is 12.2. The Balaban J connectivity index is 0.000000136. The van der Waals surface area contributed by atoms with Crippen LogP contribution in [-0.4, -0.2) is 37.9 Å². The highest BCUT2D eigenvalue weighted by atomic mass is 35.5. The first kappa shape index (κ1) is 44.2. The number of ether oxygens (including phenoxy) is 3. The second kappa shape index (κ2) is 19.0. The molecule has 0 saturated heterocycles. The molecule has 3 aliphatic heterocycles. The number of hydrogen-bond donors (Lipinski definition) is 3. The van der Waals surface area contributed by atoms with Crippen LogP contribution in [0, 0.1) is 17.5 Å². The van der Waals surface area contributed by atoms with Gasteiger partial charge in [0.15, 0.2) is 0 Å². The SMILES string of the molecule is NCC1Cc2cc(F)cc(-c3c(Cl)cccc3Cl)c2O1.NC[C@@H]1Cc2cc(F)cc(-c3c(Cl)cccc3Cl)c2O1.NC[C@H]1Cc2cc(F)cc(-c3c(Cl)cccc3Cl)c2O1. The molecule has 9 rings (SSSR count). The van der Waals surface area contributed by atoms with Crippen LogP contribution in [0.2, 0.25) is 30.1 Å². The zero-order chi connectivity index (χ0) is 42.8. The van der Waals surface area contributed by atoms with E-state index in [4.69, 9.17) is 101 Å². The predicted molar refractivity (Wildman–Crippen MR) is 237 cm³/mol. The molecule has 0 spiro atoms. The molecule has 6 aromatic rings. The van der Waals surface area contributed by atoms with Crippen LogP contribution in [0.3, 0.4) is 0 Å². The van der Waals surface area contributed by atoms with Crippen molar-refractivity contribution < 1.29 is 27.4 Å². The Kier molecular flexibility index (Phi) is 14.0. The number of fused-ring (bicyclic) bond motifs is 3. The zero-order valence-electron chi connectivity index (χ0n) is 31.5. The van der Waals surface area contributed by atoms with Crippen molar-refractivity contribution in [1.82, 2.24) is 0 Å². The second-order valence-electron chi connectivity index (χ2n) is 14.2. The van der Waals surface area contributed by atoms with Crippen LogP contribution in [0.1, 0.15) is 16.7 Å². The summed E-state index contributed by atoms with van der Waals surface area (Å²) in [7, 11) is 0. The van der Waals surface area contributed by atoms with E-state index in [1.165, 1.54) is 36.4 Å². The molecule has 3 heterocycles. The number of halogens is 9. The molecular weight excluding hydrogens is 900 g/mol. The highest BCUT2D eigenvalue weighted by molar-refractivity contribution is 6.40. The maximum Gasteiger partial charge on any atom is 0.131 e. The standard InChI is InChI=1S/3C15H12Cl2FNO/c3*16-12-2-1-3-13(17)14(12)11-6-9(18)4-8-5-10(7-19)20-15(8)11/h3*1-4,6,10H,5,7,19H2/t2*10-;/m10./s1. The Morgan fingerprint density at radius 2 is 0.650 bits per heavy atom. The van der Waals surface area contributed by atoms with Crippen LogP contribution in [0.15, 0.2) is 91.0 Å². The topological polar surface area (TPSA) is 106 Å². The van der Waals surface area contributed by atoms with Gasteiger partial charge in [-0.3, -0.25) is 0 Å². The van der Waals surface area contributed by atoms with Gasteiger partial charge in [-0.15, -0.1) is 0 Å². The van der Waals surface area contributed by atoms with Crippen LogP contribution in [-0.2, 0) is 19.3 Å². The summed E-state index contributed by atoms with van der Waals surface area (Å²) < 4.78 is 58.9. The van der Waals surface area contributed by atoms with Gasteiger partial charge in [-0.2, -0.15) is 0 Å². The molecule has 6 nitrogen and oxygen atoms in total. The fourth-order valence-electron chi connectivity index (χ4n) is 7.40.